The molecule has 1 amide bonds. The number of hydrogen-bond acceptors (Lipinski definition) is 4. The number of nitrogens with zero attached hydrogens (tertiary/aromatic N) is 1. The Balaban J connectivity index is 1.71. The Morgan fingerprint density at radius 3 is 2.83 bits per heavy atom. The van der Waals surface area contributed by atoms with Crippen LogP contribution in [0, 0.1) is 11.8 Å². The van der Waals surface area contributed by atoms with Gasteiger partial charge in [0.25, 0.3) is 0 Å². The van der Waals surface area contributed by atoms with E-state index in [0.29, 0.717) is 19.5 Å². The highest BCUT2D eigenvalue weighted by molar-refractivity contribution is 5.89. The molecule has 0 radical (unpaired) electrons. The minimum atomic E-state index is -0.883. The monoisotopic (exact) mass is 333 g/mol. The van der Waals surface area contributed by atoms with Crippen LogP contribution in [0.1, 0.15) is 24.8 Å². The maximum atomic E-state index is 12.7. The molecule has 0 spiro atoms. The SMILES string of the molecule is COc1cccc(CN(C[C@@H]2CCCO2)C(=O)[C@H]2C[C@@H]2C(=O)O)c1. The van der Waals surface area contributed by atoms with Crippen molar-refractivity contribution in [3.63, 3.8) is 0 Å². The van der Waals surface area contributed by atoms with E-state index >= 15 is 0 Å². The van der Waals surface area contributed by atoms with Crippen LogP contribution < -0.4 is 4.74 Å². The van der Waals surface area contributed by atoms with Gasteiger partial charge in [0.05, 0.1) is 25.0 Å². The standard InChI is InChI=1S/C18H23NO5/c1-23-13-5-2-4-12(8-13)10-19(11-14-6-3-7-24-14)17(20)15-9-16(15)18(21)22/h2,4-5,8,14-16H,3,6-7,9-11H2,1H3,(H,21,22)/t14-,15-,16-/m0/s1. The largest absolute Gasteiger partial charge is 0.497 e. The van der Waals surface area contributed by atoms with Crippen LogP contribution in [0.25, 0.3) is 0 Å². The van der Waals surface area contributed by atoms with Crippen LogP contribution in [0.4, 0.5) is 0 Å². The fraction of sp³-hybridized carbons (Fsp3) is 0.556. The first-order chi connectivity index (χ1) is 11.6. The number of amides is 1. The quantitative estimate of drug-likeness (QED) is 0.825. The third-order valence-corrected chi connectivity index (χ3v) is 4.69. The molecule has 6 heteroatoms. The van der Waals surface area contributed by atoms with Crippen molar-refractivity contribution in [2.75, 3.05) is 20.3 Å². The van der Waals surface area contributed by atoms with Gasteiger partial charge in [0.1, 0.15) is 5.75 Å². The minimum Gasteiger partial charge on any atom is -0.497 e. The van der Waals surface area contributed by atoms with Crippen LogP contribution in [0.5, 0.6) is 5.75 Å². The van der Waals surface area contributed by atoms with Gasteiger partial charge in [-0.15, -0.1) is 0 Å². The molecule has 2 fully saturated rings. The van der Waals surface area contributed by atoms with Crippen molar-refractivity contribution in [2.24, 2.45) is 11.8 Å². The van der Waals surface area contributed by atoms with E-state index in [0.717, 1.165) is 30.8 Å². The van der Waals surface area contributed by atoms with Gasteiger partial charge < -0.3 is 19.5 Å². The molecule has 1 aliphatic carbocycles. The van der Waals surface area contributed by atoms with Gasteiger partial charge >= 0.3 is 5.97 Å². The van der Waals surface area contributed by atoms with Crippen molar-refractivity contribution in [1.82, 2.24) is 4.90 Å². The highest BCUT2D eigenvalue weighted by Gasteiger charge is 2.50. The Bertz CT molecular complexity index is 611. The predicted octanol–water partition coefficient (Wildman–Crippen LogP) is 1.92. The molecule has 0 bridgehead atoms. The number of carbonyl (C=O) groups excluding carboxylic acids is 1. The number of carboxylic acid groups (broad SMARTS) is 1. The maximum Gasteiger partial charge on any atom is 0.307 e. The van der Waals surface area contributed by atoms with Crippen molar-refractivity contribution in [3.05, 3.63) is 29.8 Å². The van der Waals surface area contributed by atoms with Crippen molar-refractivity contribution >= 4 is 11.9 Å². The summed E-state index contributed by atoms with van der Waals surface area (Å²) in [6, 6.07) is 7.59. The summed E-state index contributed by atoms with van der Waals surface area (Å²) in [6.45, 7) is 1.69. The first-order valence-corrected chi connectivity index (χ1v) is 8.34. The minimum absolute atomic E-state index is 0.0431. The topological polar surface area (TPSA) is 76.1 Å². The zero-order valence-corrected chi connectivity index (χ0v) is 13.8. The molecule has 0 aromatic heterocycles. The van der Waals surface area contributed by atoms with Gasteiger partial charge in [0, 0.05) is 19.7 Å². The van der Waals surface area contributed by atoms with Crippen LogP contribution in [-0.2, 0) is 20.9 Å². The summed E-state index contributed by atoms with van der Waals surface area (Å²) in [5.74, 6) is -1.15. The van der Waals surface area contributed by atoms with E-state index in [-0.39, 0.29) is 12.0 Å². The Morgan fingerprint density at radius 2 is 2.21 bits per heavy atom. The number of rotatable bonds is 7. The normalized spacial score (nSPS) is 25.3. The molecular formula is C18H23NO5. The van der Waals surface area contributed by atoms with Crippen LogP contribution in [0.15, 0.2) is 24.3 Å². The molecule has 24 heavy (non-hydrogen) atoms. The van der Waals surface area contributed by atoms with Crippen molar-refractivity contribution in [2.45, 2.75) is 31.9 Å². The fourth-order valence-corrected chi connectivity index (χ4v) is 3.23. The lowest BCUT2D eigenvalue weighted by Gasteiger charge is -2.26. The zero-order valence-electron chi connectivity index (χ0n) is 13.8. The van der Waals surface area contributed by atoms with E-state index in [1.807, 2.05) is 24.3 Å². The number of methoxy groups -OCH3 is 1. The highest BCUT2D eigenvalue weighted by atomic mass is 16.5. The summed E-state index contributed by atoms with van der Waals surface area (Å²) >= 11 is 0. The molecule has 1 N–H and O–H groups in total. The number of aliphatic carboxylic acids is 1. The average Bonchev–Trinajstić information content (AvgIpc) is 3.23. The average molecular weight is 333 g/mol. The fourth-order valence-electron chi connectivity index (χ4n) is 3.23. The smallest absolute Gasteiger partial charge is 0.307 e. The maximum absolute atomic E-state index is 12.7. The molecule has 0 unspecified atom stereocenters. The van der Waals surface area contributed by atoms with Crippen LogP contribution >= 0.6 is 0 Å². The van der Waals surface area contributed by atoms with Crippen molar-refractivity contribution < 1.29 is 24.2 Å². The number of carboxylic acids is 1. The van der Waals surface area contributed by atoms with E-state index in [2.05, 4.69) is 0 Å². The third-order valence-electron chi connectivity index (χ3n) is 4.69. The van der Waals surface area contributed by atoms with Crippen molar-refractivity contribution in [1.29, 1.82) is 0 Å². The lowest BCUT2D eigenvalue weighted by molar-refractivity contribution is -0.142. The molecule has 1 aromatic carbocycles. The van der Waals surface area contributed by atoms with E-state index in [9.17, 15) is 9.59 Å². The van der Waals surface area contributed by atoms with E-state index < -0.39 is 17.8 Å². The lowest BCUT2D eigenvalue weighted by atomic mass is 10.1. The van der Waals surface area contributed by atoms with E-state index in [1.54, 1.807) is 12.0 Å². The summed E-state index contributed by atoms with van der Waals surface area (Å²) in [6.07, 6.45) is 2.43. The van der Waals surface area contributed by atoms with Gasteiger partial charge in [-0.05, 0) is 37.0 Å². The molecule has 2 aliphatic rings. The van der Waals surface area contributed by atoms with Crippen LogP contribution in [0.2, 0.25) is 0 Å². The Hall–Kier alpha value is -2.08. The second kappa shape index (κ2) is 7.21. The highest BCUT2D eigenvalue weighted by Crippen LogP contribution is 2.40. The van der Waals surface area contributed by atoms with Gasteiger partial charge in [0.15, 0.2) is 0 Å². The molecule has 3 rings (SSSR count). The second-order valence-electron chi connectivity index (χ2n) is 6.49. The summed E-state index contributed by atoms with van der Waals surface area (Å²) in [5.41, 5.74) is 0.966. The molecule has 1 saturated carbocycles. The van der Waals surface area contributed by atoms with Gasteiger partial charge in [-0.1, -0.05) is 12.1 Å². The van der Waals surface area contributed by atoms with Gasteiger partial charge in [-0.25, -0.2) is 0 Å². The summed E-state index contributed by atoms with van der Waals surface area (Å²) in [4.78, 5) is 25.6. The van der Waals surface area contributed by atoms with Gasteiger partial charge in [-0.2, -0.15) is 0 Å². The molecule has 1 heterocycles. The first kappa shape index (κ1) is 16.8. The van der Waals surface area contributed by atoms with E-state index in [1.165, 1.54) is 0 Å². The van der Waals surface area contributed by atoms with Gasteiger partial charge in [-0.3, -0.25) is 9.59 Å². The number of carbonyl (C=O) groups is 2. The molecule has 1 saturated heterocycles. The zero-order chi connectivity index (χ0) is 17.1. The Kier molecular flexibility index (Phi) is 5.04. The number of hydrogen-bond donors (Lipinski definition) is 1. The molecule has 1 aliphatic heterocycles. The van der Waals surface area contributed by atoms with Crippen LogP contribution in [0.3, 0.4) is 0 Å². The molecule has 1 aromatic rings. The summed E-state index contributed by atoms with van der Waals surface area (Å²) < 4.78 is 10.9. The Labute approximate surface area is 141 Å². The molecule has 130 valence electrons. The first-order valence-electron chi connectivity index (χ1n) is 8.34. The third kappa shape index (κ3) is 3.87. The molecular weight excluding hydrogens is 310 g/mol. The van der Waals surface area contributed by atoms with E-state index in [4.69, 9.17) is 14.6 Å². The van der Waals surface area contributed by atoms with Crippen LogP contribution in [-0.4, -0.2) is 48.2 Å². The summed E-state index contributed by atoms with van der Waals surface area (Å²) in [7, 11) is 1.61. The molecule has 3 atom stereocenters. The number of ether oxygens (including phenoxy) is 2. The Morgan fingerprint density at radius 1 is 1.38 bits per heavy atom. The van der Waals surface area contributed by atoms with Gasteiger partial charge in [0.2, 0.25) is 5.91 Å². The molecule has 6 nitrogen and oxygen atoms in total. The van der Waals surface area contributed by atoms with Crippen molar-refractivity contribution in [3.8, 4) is 5.75 Å². The number of benzene rings is 1. The predicted molar refractivity (Wildman–Crippen MR) is 86.6 cm³/mol. The second-order valence-corrected chi connectivity index (χ2v) is 6.49. The summed E-state index contributed by atoms with van der Waals surface area (Å²) in [5, 5.41) is 9.08. The lowest BCUT2D eigenvalue weighted by Crippen LogP contribution is -2.38.